The highest BCUT2D eigenvalue weighted by molar-refractivity contribution is 6.66. The van der Waals surface area contributed by atoms with Gasteiger partial charge < -0.3 is 4.74 Å². The molecule has 0 saturated heterocycles. The van der Waals surface area contributed by atoms with Crippen LogP contribution in [0.3, 0.4) is 0 Å². The van der Waals surface area contributed by atoms with Crippen molar-refractivity contribution >= 4 is 34.8 Å². The van der Waals surface area contributed by atoms with Crippen molar-refractivity contribution in [3.63, 3.8) is 0 Å². The van der Waals surface area contributed by atoms with E-state index >= 15 is 0 Å². The molecule has 0 fully saturated rings. The van der Waals surface area contributed by atoms with Crippen LogP contribution in [0.5, 0.6) is 5.75 Å². The van der Waals surface area contributed by atoms with Gasteiger partial charge in [0.15, 0.2) is 0 Å². The quantitative estimate of drug-likeness (QED) is 0.720. The van der Waals surface area contributed by atoms with Gasteiger partial charge in [0.25, 0.3) is 0 Å². The molecule has 0 radical (unpaired) electrons. The lowest BCUT2D eigenvalue weighted by molar-refractivity contribution is 0.317. The van der Waals surface area contributed by atoms with Gasteiger partial charge in [0.05, 0.1) is 0 Å². The summed E-state index contributed by atoms with van der Waals surface area (Å²) in [7, 11) is 0. The van der Waals surface area contributed by atoms with E-state index in [1.54, 1.807) is 6.07 Å². The molecule has 0 aliphatic heterocycles. The first-order valence-electron chi connectivity index (χ1n) is 3.38. The van der Waals surface area contributed by atoms with Crippen molar-refractivity contribution in [2.75, 3.05) is 0 Å². The number of nitrogens with zero attached hydrogens (tertiary/aromatic N) is 1. The molecule has 0 atom stereocenters. The maximum atomic E-state index is 13.0. The first-order valence-corrected chi connectivity index (χ1v) is 4.52. The molecule has 6 heteroatoms. The van der Waals surface area contributed by atoms with E-state index < -0.39 is 9.80 Å². The van der Waals surface area contributed by atoms with Crippen molar-refractivity contribution in [2.24, 2.45) is 0 Å². The Kier molecular flexibility index (Phi) is 3.43. The SMILES string of the molecule is N#Cc1c(F)cccc1OC(Cl)(Cl)Cl. The highest BCUT2D eigenvalue weighted by Crippen LogP contribution is 2.32. The number of hydrogen-bond acceptors (Lipinski definition) is 2. The third kappa shape index (κ3) is 2.91. The number of ether oxygens (including phenoxy) is 1. The molecule has 0 unspecified atom stereocenters. The number of rotatable bonds is 1. The molecule has 14 heavy (non-hydrogen) atoms. The van der Waals surface area contributed by atoms with Crippen LogP contribution in [0, 0.1) is 17.1 Å². The highest BCUT2D eigenvalue weighted by Gasteiger charge is 2.24. The van der Waals surface area contributed by atoms with Crippen LogP contribution >= 0.6 is 34.8 Å². The van der Waals surface area contributed by atoms with E-state index in [1.807, 2.05) is 0 Å². The molecular formula is C8H3Cl3FNO. The zero-order chi connectivity index (χ0) is 10.8. The lowest BCUT2D eigenvalue weighted by Crippen LogP contribution is -2.13. The van der Waals surface area contributed by atoms with Gasteiger partial charge in [0, 0.05) is 0 Å². The van der Waals surface area contributed by atoms with E-state index in [1.165, 1.54) is 12.1 Å². The van der Waals surface area contributed by atoms with Crippen LogP contribution in [0.1, 0.15) is 5.56 Å². The molecule has 0 spiro atoms. The fourth-order valence-corrected chi connectivity index (χ4v) is 1.07. The van der Waals surface area contributed by atoms with Gasteiger partial charge in [-0.3, -0.25) is 0 Å². The summed E-state index contributed by atoms with van der Waals surface area (Å²) in [5.41, 5.74) is -0.293. The summed E-state index contributed by atoms with van der Waals surface area (Å²) in [6.45, 7) is 0. The maximum absolute atomic E-state index is 13.0. The Morgan fingerprint density at radius 1 is 1.36 bits per heavy atom. The van der Waals surface area contributed by atoms with Gasteiger partial charge in [-0.05, 0) is 46.9 Å². The lowest BCUT2D eigenvalue weighted by atomic mass is 10.2. The number of nitriles is 1. The molecule has 0 aliphatic rings. The van der Waals surface area contributed by atoms with Gasteiger partial charge in [-0.25, -0.2) is 4.39 Å². The Hall–Kier alpha value is -0.690. The van der Waals surface area contributed by atoms with Gasteiger partial charge in [0.2, 0.25) is 0 Å². The fraction of sp³-hybridized carbons (Fsp3) is 0.125. The van der Waals surface area contributed by atoms with Gasteiger partial charge in [-0.1, -0.05) is 6.07 Å². The standard InChI is InChI=1S/C8H3Cl3FNO/c9-8(10,11)14-7-3-1-2-6(12)5(7)4-13/h1-3H. The second-order valence-electron chi connectivity index (χ2n) is 2.27. The number of benzene rings is 1. The molecule has 0 amide bonds. The molecule has 1 rings (SSSR count). The number of hydrogen-bond donors (Lipinski definition) is 0. The van der Waals surface area contributed by atoms with Crippen LogP contribution in [0.4, 0.5) is 4.39 Å². The normalized spacial score (nSPS) is 10.8. The van der Waals surface area contributed by atoms with E-state index in [-0.39, 0.29) is 11.3 Å². The topological polar surface area (TPSA) is 33.0 Å². The smallest absolute Gasteiger partial charge is 0.338 e. The third-order valence-electron chi connectivity index (χ3n) is 1.31. The zero-order valence-electron chi connectivity index (χ0n) is 6.60. The predicted molar refractivity (Wildman–Crippen MR) is 52.0 cm³/mol. The Labute approximate surface area is 94.7 Å². The molecule has 2 nitrogen and oxygen atoms in total. The summed E-state index contributed by atoms with van der Waals surface area (Å²) in [6.07, 6.45) is 0. The third-order valence-corrected chi connectivity index (χ3v) is 1.54. The number of halogens is 4. The van der Waals surface area contributed by atoms with Gasteiger partial charge in [0.1, 0.15) is 23.2 Å². The number of alkyl halides is 3. The predicted octanol–water partition coefficient (Wildman–Crippen LogP) is 3.40. The Balaban J connectivity index is 3.10. The van der Waals surface area contributed by atoms with Gasteiger partial charge in [-0.2, -0.15) is 5.26 Å². The maximum Gasteiger partial charge on any atom is 0.338 e. The van der Waals surface area contributed by atoms with Crippen molar-refractivity contribution < 1.29 is 9.13 Å². The monoisotopic (exact) mass is 253 g/mol. The molecule has 1 aromatic carbocycles. The fourth-order valence-electron chi connectivity index (χ4n) is 0.823. The highest BCUT2D eigenvalue weighted by atomic mass is 35.6. The van der Waals surface area contributed by atoms with Crippen LogP contribution in [-0.4, -0.2) is 3.98 Å². The second-order valence-corrected chi connectivity index (χ2v) is 4.45. The molecule has 0 bridgehead atoms. The second kappa shape index (κ2) is 4.22. The Bertz CT molecular complexity index is 383. The molecule has 0 heterocycles. The molecular weight excluding hydrogens is 251 g/mol. The lowest BCUT2D eigenvalue weighted by Gasteiger charge is -2.14. The average Bonchev–Trinajstić information content (AvgIpc) is 2.01. The largest absolute Gasteiger partial charge is 0.444 e. The molecule has 0 aromatic heterocycles. The zero-order valence-corrected chi connectivity index (χ0v) is 8.87. The van der Waals surface area contributed by atoms with Crippen LogP contribution < -0.4 is 4.74 Å². The van der Waals surface area contributed by atoms with E-state index in [9.17, 15) is 4.39 Å². The Morgan fingerprint density at radius 3 is 2.50 bits per heavy atom. The van der Waals surface area contributed by atoms with E-state index in [0.29, 0.717) is 0 Å². The van der Waals surface area contributed by atoms with Crippen LogP contribution in [0.15, 0.2) is 18.2 Å². The van der Waals surface area contributed by atoms with Crippen molar-refractivity contribution in [1.82, 2.24) is 0 Å². The summed E-state index contributed by atoms with van der Waals surface area (Å²) in [5.74, 6) is -0.827. The molecule has 1 aromatic rings. The van der Waals surface area contributed by atoms with E-state index in [4.69, 9.17) is 44.8 Å². The molecule has 0 N–H and O–H groups in total. The average molecular weight is 254 g/mol. The van der Waals surface area contributed by atoms with Crippen LogP contribution in [0.25, 0.3) is 0 Å². The molecule has 74 valence electrons. The van der Waals surface area contributed by atoms with Crippen molar-refractivity contribution in [3.05, 3.63) is 29.6 Å². The first-order chi connectivity index (χ1) is 6.44. The van der Waals surface area contributed by atoms with E-state index in [0.717, 1.165) is 6.07 Å². The summed E-state index contributed by atoms with van der Waals surface area (Å²) in [6, 6.07) is 5.41. The minimum Gasteiger partial charge on any atom is -0.444 e. The first kappa shape index (κ1) is 11.4. The molecule has 0 aliphatic carbocycles. The summed E-state index contributed by atoms with van der Waals surface area (Å²) in [5, 5.41) is 8.60. The van der Waals surface area contributed by atoms with Crippen LogP contribution in [0.2, 0.25) is 0 Å². The molecule has 0 saturated carbocycles. The minimum absolute atomic E-state index is 0.104. The van der Waals surface area contributed by atoms with Crippen molar-refractivity contribution in [1.29, 1.82) is 5.26 Å². The van der Waals surface area contributed by atoms with Crippen molar-refractivity contribution in [3.8, 4) is 11.8 Å². The Morgan fingerprint density at radius 2 is 2.00 bits per heavy atom. The van der Waals surface area contributed by atoms with Crippen LogP contribution in [-0.2, 0) is 0 Å². The van der Waals surface area contributed by atoms with E-state index in [2.05, 4.69) is 0 Å². The summed E-state index contributed by atoms with van der Waals surface area (Å²) >= 11 is 16.0. The van der Waals surface area contributed by atoms with Gasteiger partial charge >= 0.3 is 3.98 Å². The minimum atomic E-state index is -2.01. The van der Waals surface area contributed by atoms with Crippen molar-refractivity contribution in [2.45, 2.75) is 3.98 Å². The van der Waals surface area contributed by atoms with Gasteiger partial charge in [-0.15, -0.1) is 0 Å². The summed E-state index contributed by atoms with van der Waals surface area (Å²) < 4.78 is 15.7. The summed E-state index contributed by atoms with van der Waals surface area (Å²) in [4.78, 5) is 0.